The van der Waals surface area contributed by atoms with Crippen molar-refractivity contribution < 1.29 is 4.79 Å². The number of aryl methyl sites for hydroxylation is 1. The molecule has 3 rings (SSSR count). The van der Waals surface area contributed by atoms with Crippen molar-refractivity contribution in [2.45, 2.75) is 6.92 Å². The van der Waals surface area contributed by atoms with Gasteiger partial charge in [-0.25, -0.2) is 9.97 Å². The summed E-state index contributed by atoms with van der Waals surface area (Å²) in [6, 6.07) is 5.62. The van der Waals surface area contributed by atoms with Gasteiger partial charge in [-0.1, -0.05) is 17.4 Å². The van der Waals surface area contributed by atoms with E-state index in [1.165, 1.54) is 17.5 Å². The van der Waals surface area contributed by atoms with Crippen LogP contribution in [0, 0.1) is 6.92 Å². The summed E-state index contributed by atoms with van der Waals surface area (Å²) in [6.07, 6.45) is 4.59. The molecule has 0 fully saturated rings. The van der Waals surface area contributed by atoms with E-state index in [1.54, 1.807) is 19.3 Å². The minimum absolute atomic E-state index is 0.290. The lowest BCUT2D eigenvalue weighted by atomic mass is 10.2. The van der Waals surface area contributed by atoms with Crippen molar-refractivity contribution in [2.24, 2.45) is 10.9 Å². The normalized spacial score (nSPS) is 11.1. The summed E-state index contributed by atoms with van der Waals surface area (Å²) in [5.74, 6) is 4.82. The van der Waals surface area contributed by atoms with Gasteiger partial charge in [0.25, 0.3) is 5.91 Å². The smallest absolute Gasteiger partial charge is 0.277 e. The SMILES string of the molecule is Cc1nccnc1C(=O)Nc1nc2ccc(C=NN)cc2s1. The molecule has 0 aliphatic rings. The average molecular weight is 312 g/mol. The molecular formula is C14H12N6OS. The first-order valence-corrected chi connectivity index (χ1v) is 7.22. The molecule has 8 heteroatoms. The Morgan fingerprint density at radius 3 is 2.95 bits per heavy atom. The van der Waals surface area contributed by atoms with Gasteiger partial charge in [0.05, 0.1) is 22.1 Å². The van der Waals surface area contributed by atoms with Gasteiger partial charge >= 0.3 is 0 Å². The Labute approximate surface area is 129 Å². The maximum absolute atomic E-state index is 12.2. The highest BCUT2D eigenvalue weighted by atomic mass is 32.1. The molecule has 0 unspecified atom stereocenters. The van der Waals surface area contributed by atoms with E-state index in [4.69, 9.17) is 5.84 Å². The van der Waals surface area contributed by atoms with Crippen LogP contribution >= 0.6 is 11.3 Å². The summed E-state index contributed by atoms with van der Waals surface area (Å²) in [4.78, 5) is 24.7. The molecule has 3 N–H and O–H groups in total. The fraction of sp³-hybridized carbons (Fsp3) is 0.0714. The van der Waals surface area contributed by atoms with Gasteiger partial charge in [0.15, 0.2) is 5.13 Å². The van der Waals surface area contributed by atoms with Crippen molar-refractivity contribution in [3.63, 3.8) is 0 Å². The highest BCUT2D eigenvalue weighted by Gasteiger charge is 2.13. The Hall–Kier alpha value is -2.87. The van der Waals surface area contributed by atoms with E-state index < -0.39 is 0 Å². The number of carbonyl (C=O) groups excluding carboxylic acids is 1. The van der Waals surface area contributed by atoms with Crippen LogP contribution in [0.1, 0.15) is 21.7 Å². The number of amides is 1. The Kier molecular flexibility index (Phi) is 3.75. The zero-order valence-corrected chi connectivity index (χ0v) is 12.5. The Balaban J connectivity index is 1.88. The number of thiazole rings is 1. The maximum Gasteiger partial charge on any atom is 0.277 e. The molecule has 0 spiro atoms. The molecule has 1 aromatic carbocycles. The van der Waals surface area contributed by atoms with E-state index in [0.29, 0.717) is 10.8 Å². The van der Waals surface area contributed by atoms with Crippen molar-refractivity contribution >= 4 is 38.8 Å². The van der Waals surface area contributed by atoms with Crippen LogP contribution in [0.4, 0.5) is 5.13 Å². The summed E-state index contributed by atoms with van der Waals surface area (Å²) >= 11 is 1.37. The van der Waals surface area contributed by atoms with Crippen molar-refractivity contribution in [3.05, 3.63) is 47.5 Å². The first-order valence-electron chi connectivity index (χ1n) is 6.40. The highest BCUT2D eigenvalue weighted by molar-refractivity contribution is 7.22. The van der Waals surface area contributed by atoms with E-state index in [0.717, 1.165) is 15.8 Å². The number of rotatable bonds is 3. The third kappa shape index (κ3) is 2.77. The number of hydrazone groups is 1. The molecule has 2 aromatic heterocycles. The third-order valence-electron chi connectivity index (χ3n) is 2.95. The summed E-state index contributed by atoms with van der Waals surface area (Å²) in [7, 11) is 0. The van der Waals surface area contributed by atoms with Crippen LogP contribution < -0.4 is 11.2 Å². The predicted molar refractivity (Wildman–Crippen MR) is 86.1 cm³/mol. The molecule has 22 heavy (non-hydrogen) atoms. The lowest BCUT2D eigenvalue weighted by molar-refractivity contribution is 0.102. The lowest BCUT2D eigenvalue weighted by Gasteiger charge is -2.02. The van der Waals surface area contributed by atoms with Gasteiger partial charge in [-0.15, -0.1) is 0 Å². The van der Waals surface area contributed by atoms with Gasteiger partial charge in [0.1, 0.15) is 5.69 Å². The molecule has 0 saturated heterocycles. The number of aromatic nitrogens is 3. The van der Waals surface area contributed by atoms with E-state index in [9.17, 15) is 4.79 Å². The van der Waals surface area contributed by atoms with Crippen LogP contribution in [-0.2, 0) is 0 Å². The zero-order chi connectivity index (χ0) is 15.5. The van der Waals surface area contributed by atoms with Gasteiger partial charge in [0.2, 0.25) is 0 Å². The Bertz CT molecular complexity index is 873. The van der Waals surface area contributed by atoms with Crippen LogP contribution in [0.2, 0.25) is 0 Å². The van der Waals surface area contributed by atoms with Crippen molar-refractivity contribution in [1.29, 1.82) is 0 Å². The molecule has 0 aliphatic carbocycles. The molecule has 110 valence electrons. The minimum Gasteiger partial charge on any atom is -0.323 e. The molecule has 0 bridgehead atoms. The largest absolute Gasteiger partial charge is 0.323 e. The number of nitrogens with zero attached hydrogens (tertiary/aromatic N) is 4. The molecule has 3 aromatic rings. The van der Waals surface area contributed by atoms with Crippen molar-refractivity contribution in [2.75, 3.05) is 5.32 Å². The highest BCUT2D eigenvalue weighted by Crippen LogP contribution is 2.26. The molecule has 1 amide bonds. The predicted octanol–water partition coefficient (Wildman–Crippen LogP) is 1.94. The van der Waals surface area contributed by atoms with Gasteiger partial charge in [-0.3, -0.25) is 15.1 Å². The molecule has 7 nitrogen and oxygen atoms in total. The number of nitrogens with one attached hydrogen (secondary N) is 1. The summed E-state index contributed by atoms with van der Waals surface area (Å²) < 4.78 is 0.934. The van der Waals surface area contributed by atoms with Crippen LogP contribution in [0.5, 0.6) is 0 Å². The number of fused-ring (bicyclic) bond motifs is 1. The number of benzene rings is 1. The van der Waals surface area contributed by atoms with Gasteiger partial charge in [-0.05, 0) is 24.6 Å². The van der Waals surface area contributed by atoms with Crippen LogP contribution in [-0.4, -0.2) is 27.1 Å². The molecular weight excluding hydrogens is 300 g/mol. The number of carbonyl (C=O) groups is 1. The second-order valence-electron chi connectivity index (χ2n) is 4.47. The standard InChI is InChI=1S/C14H12N6OS/c1-8-12(17-5-4-16-8)13(21)20-14-19-10-3-2-9(7-18-15)6-11(10)22-14/h2-7H,15H2,1H3,(H,19,20,21). The second-order valence-corrected chi connectivity index (χ2v) is 5.50. The maximum atomic E-state index is 12.2. The van der Waals surface area contributed by atoms with Crippen LogP contribution in [0.3, 0.4) is 0 Å². The Morgan fingerprint density at radius 2 is 2.18 bits per heavy atom. The lowest BCUT2D eigenvalue weighted by Crippen LogP contribution is -2.15. The van der Waals surface area contributed by atoms with E-state index >= 15 is 0 Å². The second kappa shape index (κ2) is 5.86. The van der Waals surface area contributed by atoms with Crippen LogP contribution in [0.15, 0.2) is 35.7 Å². The molecule has 0 saturated carbocycles. The minimum atomic E-state index is -0.326. The van der Waals surface area contributed by atoms with E-state index in [-0.39, 0.29) is 11.6 Å². The Morgan fingerprint density at radius 1 is 1.36 bits per heavy atom. The topological polar surface area (TPSA) is 106 Å². The number of nitrogens with two attached hydrogens (primary N) is 1. The summed E-state index contributed by atoms with van der Waals surface area (Å²) in [6.45, 7) is 1.73. The van der Waals surface area contributed by atoms with Crippen LogP contribution in [0.25, 0.3) is 10.2 Å². The molecule has 0 aliphatic heterocycles. The van der Waals surface area contributed by atoms with Gasteiger partial charge < -0.3 is 5.84 Å². The van der Waals surface area contributed by atoms with Crippen molar-refractivity contribution in [3.8, 4) is 0 Å². The molecule has 2 heterocycles. The van der Waals surface area contributed by atoms with Crippen molar-refractivity contribution in [1.82, 2.24) is 15.0 Å². The first-order chi connectivity index (χ1) is 10.7. The monoisotopic (exact) mass is 312 g/mol. The number of hydrogen-bond donors (Lipinski definition) is 2. The third-order valence-corrected chi connectivity index (χ3v) is 3.89. The van der Waals surface area contributed by atoms with E-state index in [1.807, 2.05) is 18.2 Å². The van der Waals surface area contributed by atoms with Gasteiger partial charge in [-0.2, -0.15) is 5.10 Å². The first kappa shape index (κ1) is 14.1. The summed E-state index contributed by atoms with van der Waals surface area (Å²) in [5.41, 5.74) is 2.53. The number of anilines is 1. The molecule has 0 atom stereocenters. The zero-order valence-electron chi connectivity index (χ0n) is 11.6. The van der Waals surface area contributed by atoms with Gasteiger partial charge in [0, 0.05) is 12.4 Å². The quantitative estimate of drug-likeness (QED) is 0.437. The fourth-order valence-corrected chi connectivity index (χ4v) is 2.86. The number of hydrogen-bond acceptors (Lipinski definition) is 7. The molecule has 0 radical (unpaired) electrons. The fourth-order valence-electron chi connectivity index (χ4n) is 1.95. The summed E-state index contributed by atoms with van der Waals surface area (Å²) in [5, 5.41) is 6.75. The average Bonchev–Trinajstić information content (AvgIpc) is 2.89. The van der Waals surface area contributed by atoms with E-state index in [2.05, 4.69) is 25.4 Å².